The van der Waals surface area contributed by atoms with Gasteiger partial charge in [-0.1, -0.05) is 122 Å². The molecule has 1 aliphatic rings. The van der Waals surface area contributed by atoms with Gasteiger partial charge < -0.3 is 4.90 Å². The zero-order valence-corrected chi connectivity index (χ0v) is 27.1. The van der Waals surface area contributed by atoms with Gasteiger partial charge in [0, 0.05) is 42.7 Å². The van der Waals surface area contributed by atoms with Crippen molar-refractivity contribution >= 4 is 77.8 Å². The quantitative estimate of drug-likeness (QED) is 0.179. The number of hydrogen-bond donors (Lipinski definition) is 0. The highest BCUT2D eigenvalue weighted by Gasteiger charge is 2.41. The highest BCUT2D eigenvalue weighted by molar-refractivity contribution is 7.26. The van der Waals surface area contributed by atoms with Crippen LogP contribution >= 0.6 is 11.3 Å². The van der Waals surface area contributed by atoms with Crippen LogP contribution in [0.25, 0.3) is 53.2 Å². The number of nitrogens with zero attached hydrogens (tertiary/aromatic N) is 1. The average molecular weight is 610 g/mol. The second kappa shape index (κ2) is 10.0. The van der Waals surface area contributed by atoms with Crippen molar-refractivity contribution in [3.63, 3.8) is 0 Å². The minimum absolute atomic E-state index is 1.16. The Labute approximate surface area is 268 Å². The number of thiophene rings is 1. The normalized spacial score (nSPS) is 13.3. The van der Waals surface area contributed by atoms with E-state index >= 15 is 0 Å². The molecule has 1 aromatic heterocycles. The smallest absolute Gasteiger partial charge is 0.114 e. The molecule has 45 heavy (non-hydrogen) atoms. The van der Waals surface area contributed by atoms with Crippen molar-refractivity contribution in [3.8, 4) is 22.3 Å². The molecule has 0 unspecified atom stereocenters. The molecule has 0 bridgehead atoms. The summed E-state index contributed by atoms with van der Waals surface area (Å²) in [6, 6.07) is 56.0. The van der Waals surface area contributed by atoms with Crippen LogP contribution in [0.5, 0.6) is 0 Å². The fourth-order valence-electron chi connectivity index (χ4n) is 7.39. The van der Waals surface area contributed by atoms with E-state index in [9.17, 15) is 0 Å². The third-order valence-corrected chi connectivity index (χ3v) is 14.4. The van der Waals surface area contributed by atoms with Crippen molar-refractivity contribution in [3.05, 3.63) is 152 Å². The van der Waals surface area contributed by atoms with Gasteiger partial charge in [0.2, 0.25) is 0 Å². The van der Waals surface area contributed by atoms with Gasteiger partial charge in [-0.15, -0.1) is 11.3 Å². The van der Waals surface area contributed by atoms with E-state index in [4.69, 9.17) is 0 Å². The average Bonchev–Trinajstić information content (AvgIpc) is 3.58. The predicted octanol–water partition coefficient (Wildman–Crippen LogP) is 11.1. The van der Waals surface area contributed by atoms with E-state index in [0.29, 0.717) is 0 Å². The van der Waals surface area contributed by atoms with Crippen molar-refractivity contribution in [1.82, 2.24) is 0 Å². The summed E-state index contributed by atoms with van der Waals surface area (Å²) in [7, 11) is -1.92. The fourth-order valence-corrected chi connectivity index (χ4v) is 11.8. The van der Waals surface area contributed by atoms with E-state index in [-0.39, 0.29) is 0 Å². The van der Waals surface area contributed by atoms with Gasteiger partial charge in [-0.2, -0.15) is 0 Å². The van der Waals surface area contributed by atoms with Gasteiger partial charge >= 0.3 is 0 Å². The molecule has 0 fully saturated rings. The molecule has 0 spiro atoms. The molecule has 0 radical (unpaired) electrons. The minimum Gasteiger partial charge on any atom is -0.310 e. The lowest BCUT2D eigenvalue weighted by molar-refractivity contribution is 1.29. The lowest BCUT2D eigenvalue weighted by atomic mass is 9.99. The van der Waals surface area contributed by atoms with Crippen molar-refractivity contribution in [1.29, 1.82) is 0 Å². The van der Waals surface area contributed by atoms with Crippen LogP contribution in [-0.2, 0) is 0 Å². The molecule has 7 aromatic carbocycles. The topological polar surface area (TPSA) is 3.24 Å². The van der Waals surface area contributed by atoms with E-state index in [1.807, 2.05) is 11.3 Å². The largest absolute Gasteiger partial charge is 0.310 e. The third kappa shape index (κ3) is 4.05. The number of para-hydroxylation sites is 1. The zero-order valence-electron chi connectivity index (χ0n) is 25.3. The molecule has 0 atom stereocenters. The lowest BCUT2D eigenvalue weighted by Gasteiger charge is -2.28. The van der Waals surface area contributed by atoms with E-state index in [1.165, 1.54) is 69.8 Å². The van der Waals surface area contributed by atoms with Gasteiger partial charge in [-0.3, -0.25) is 0 Å². The number of fused-ring (bicyclic) bond motifs is 8. The van der Waals surface area contributed by atoms with Crippen LogP contribution in [0.4, 0.5) is 17.1 Å². The predicted molar refractivity (Wildman–Crippen MR) is 199 cm³/mol. The summed E-state index contributed by atoms with van der Waals surface area (Å²) < 4.78 is 2.77. The molecular weight excluding hydrogens is 579 g/mol. The minimum atomic E-state index is -1.92. The van der Waals surface area contributed by atoms with Crippen LogP contribution in [0, 0.1) is 0 Å². The summed E-state index contributed by atoms with van der Waals surface area (Å²) >= 11 is 1.95. The van der Waals surface area contributed by atoms with E-state index in [2.05, 4.69) is 170 Å². The molecule has 1 aliphatic heterocycles. The molecule has 0 aliphatic carbocycles. The summed E-state index contributed by atoms with van der Waals surface area (Å²) in [4.78, 5) is 2.47. The Hall–Kier alpha value is -4.96. The SMILES string of the molecule is C[Si]1(C)c2cccc(N(c3ccccc3)c3ccc(-c4ccc5ccccc5c4)cc3)c2-c2c1ccc1c2sc2ccccc21. The van der Waals surface area contributed by atoms with E-state index in [0.717, 1.165) is 5.69 Å². The Bertz CT molecular complexity index is 2400. The summed E-state index contributed by atoms with van der Waals surface area (Å²) in [6.07, 6.45) is 0. The zero-order chi connectivity index (χ0) is 30.1. The van der Waals surface area contributed by atoms with Crippen molar-refractivity contribution in [2.45, 2.75) is 13.1 Å². The van der Waals surface area contributed by atoms with E-state index < -0.39 is 8.07 Å². The van der Waals surface area contributed by atoms with Crippen LogP contribution in [0.1, 0.15) is 0 Å². The van der Waals surface area contributed by atoms with Crippen LogP contribution in [0.15, 0.2) is 152 Å². The maximum Gasteiger partial charge on any atom is 0.114 e. The maximum absolute atomic E-state index is 2.52. The molecule has 214 valence electrons. The molecule has 0 N–H and O–H groups in total. The van der Waals surface area contributed by atoms with Crippen molar-refractivity contribution in [2.75, 3.05) is 4.90 Å². The van der Waals surface area contributed by atoms with E-state index in [1.54, 1.807) is 5.19 Å². The van der Waals surface area contributed by atoms with Gasteiger partial charge in [0.05, 0.1) is 5.69 Å². The standard InChI is InChI=1S/C42H31NSSi/c1-45(2)38-18-10-16-36(40(38)41-39(45)26-25-35-34-15-8-9-17-37(34)44-42(35)41)43(32-13-4-3-5-14-32)33-23-21-29(22-24-33)31-20-19-28-11-6-7-12-30(28)27-31/h3-27H,1-2H3. The Morgan fingerprint density at radius 2 is 1.18 bits per heavy atom. The first-order chi connectivity index (χ1) is 22.1. The summed E-state index contributed by atoms with van der Waals surface area (Å²) in [5.41, 5.74) is 8.90. The van der Waals surface area contributed by atoms with Crippen molar-refractivity contribution in [2.24, 2.45) is 0 Å². The maximum atomic E-state index is 2.52. The Morgan fingerprint density at radius 1 is 0.489 bits per heavy atom. The molecular formula is C42H31NSSi. The molecule has 8 aromatic rings. The van der Waals surface area contributed by atoms with Gasteiger partial charge in [0.1, 0.15) is 8.07 Å². The second-order valence-corrected chi connectivity index (χ2v) is 17.9. The Balaban J connectivity index is 1.25. The molecule has 0 saturated carbocycles. The van der Waals surface area contributed by atoms with Crippen molar-refractivity contribution < 1.29 is 0 Å². The first-order valence-electron chi connectivity index (χ1n) is 15.6. The molecule has 0 amide bonds. The second-order valence-electron chi connectivity index (χ2n) is 12.6. The number of anilines is 3. The summed E-state index contributed by atoms with van der Waals surface area (Å²) in [6.45, 7) is 5.04. The van der Waals surface area contributed by atoms with Gasteiger partial charge in [-0.05, 0) is 74.7 Å². The number of rotatable bonds is 4. The molecule has 3 heteroatoms. The van der Waals surface area contributed by atoms with Gasteiger partial charge in [0.25, 0.3) is 0 Å². The van der Waals surface area contributed by atoms with Gasteiger partial charge in [0.15, 0.2) is 0 Å². The summed E-state index contributed by atoms with van der Waals surface area (Å²) in [5, 5.41) is 8.33. The number of hydrogen-bond acceptors (Lipinski definition) is 2. The molecule has 2 heterocycles. The third-order valence-electron chi connectivity index (χ3n) is 9.65. The Morgan fingerprint density at radius 3 is 2.02 bits per heavy atom. The highest BCUT2D eigenvalue weighted by atomic mass is 32.1. The van der Waals surface area contributed by atoms with Crippen LogP contribution in [-0.4, -0.2) is 8.07 Å². The lowest BCUT2D eigenvalue weighted by Crippen LogP contribution is -2.49. The summed E-state index contributed by atoms with van der Waals surface area (Å²) in [5.74, 6) is 0. The van der Waals surface area contributed by atoms with Crippen LogP contribution in [0.2, 0.25) is 13.1 Å². The molecule has 1 nitrogen and oxygen atoms in total. The van der Waals surface area contributed by atoms with Crippen LogP contribution < -0.4 is 15.3 Å². The van der Waals surface area contributed by atoms with Gasteiger partial charge in [-0.25, -0.2) is 0 Å². The van der Waals surface area contributed by atoms with Crippen LogP contribution in [0.3, 0.4) is 0 Å². The first kappa shape index (κ1) is 26.4. The molecule has 9 rings (SSSR count). The highest BCUT2D eigenvalue weighted by Crippen LogP contribution is 2.48. The molecule has 0 saturated heterocycles. The monoisotopic (exact) mass is 609 g/mol. The number of benzene rings is 7. The first-order valence-corrected chi connectivity index (χ1v) is 19.4. The fraction of sp³-hybridized carbons (Fsp3) is 0.0476. The Kier molecular flexibility index (Phi) is 5.89.